The van der Waals surface area contributed by atoms with E-state index in [1.807, 2.05) is 12.1 Å². The molecule has 1 aromatic heterocycles. The minimum atomic E-state index is -3.41. The van der Waals surface area contributed by atoms with Crippen LogP contribution < -0.4 is 5.32 Å². The van der Waals surface area contributed by atoms with Crippen molar-refractivity contribution in [2.24, 2.45) is 5.92 Å². The third kappa shape index (κ3) is 3.46. The predicted octanol–water partition coefficient (Wildman–Crippen LogP) is 2.14. The lowest BCUT2D eigenvalue weighted by Crippen LogP contribution is -2.35. The molecule has 3 aliphatic heterocycles. The molecule has 2 fully saturated rings. The van der Waals surface area contributed by atoms with E-state index in [0.717, 1.165) is 73.8 Å². The maximum absolute atomic E-state index is 13.1. The van der Waals surface area contributed by atoms with Gasteiger partial charge in [-0.05, 0) is 37.9 Å². The Balaban J connectivity index is 1.62. The van der Waals surface area contributed by atoms with Crippen molar-refractivity contribution in [2.75, 3.05) is 39.4 Å². The topological polar surface area (TPSA) is 76.5 Å². The second kappa shape index (κ2) is 7.83. The van der Waals surface area contributed by atoms with Gasteiger partial charge in [0.1, 0.15) is 5.69 Å². The zero-order valence-corrected chi connectivity index (χ0v) is 18.0. The van der Waals surface area contributed by atoms with Gasteiger partial charge in [0, 0.05) is 30.8 Å². The fourth-order valence-electron chi connectivity index (χ4n) is 4.79. The van der Waals surface area contributed by atoms with Gasteiger partial charge < -0.3 is 15.0 Å². The smallest absolute Gasteiger partial charge is 0.183 e. The summed E-state index contributed by atoms with van der Waals surface area (Å²) in [6.45, 7) is 9.95. The zero-order chi connectivity index (χ0) is 20.7. The molecule has 0 unspecified atom stereocenters. The highest BCUT2D eigenvalue weighted by Gasteiger charge is 2.35. The number of rotatable bonds is 4. The predicted molar refractivity (Wildman–Crippen MR) is 116 cm³/mol. The highest BCUT2D eigenvalue weighted by Crippen LogP contribution is 2.41. The summed E-state index contributed by atoms with van der Waals surface area (Å²) in [7, 11) is -3.41. The average molecular weight is 429 g/mol. The van der Waals surface area contributed by atoms with Gasteiger partial charge in [-0.1, -0.05) is 24.8 Å². The lowest BCUT2D eigenvalue weighted by Gasteiger charge is -2.30. The van der Waals surface area contributed by atoms with E-state index in [1.165, 1.54) is 0 Å². The summed E-state index contributed by atoms with van der Waals surface area (Å²) in [6, 6.07) is 7.32. The second-order valence-corrected chi connectivity index (χ2v) is 10.3. The summed E-state index contributed by atoms with van der Waals surface area (Å²) in [5.74, 6) is 0.509. The molecule has 0 bridgehead atoms. The molecule has 7 nitrogen and oxygen atoms in total. The van der Waals surface area contributed by atoms with Gasteiger partial charge in [0.2, 0.25) is 0 Å². The molecule has 30 heavy (non-hydrogen) atoms. The lowest BCUT2D eigenvalue weighted by atomic mass is 9.97. The Hall–Kier alpha value is -2.16. The van der Waals surface area contributed by atoms with Crippen LogP contribution >= 0.6 is 0 Å². The molecule has 4 heterocycles. The molecule has 2 saturated heterocycles. The lowest BCUT2D eigenvalue weighted by molar-refractivity contribution is 0.0639. The second-order valence-electron chi connectivity index (χ2n) is 8.35. The zero-order valence-electron chi connectivity index (χ0n) is 17.1. The first-order chi connectivity index (χ1) is 14.5. The number of piperidine rings is 1. The molecule has 160 valence electrons. The summed E-state index contributed by atoms with van der Waals surface area (Å²) in [5, 5.41) is 8.39. The van der Waals surface area contributed by atoms with E-state index < -0.39 is 9.84 Å². The van der Waals surface area contributed by atoms with Crippen molar-refractivity contribution in [1.82, 2.24) is 20.0 Å². The Morgan fingerprint density at radius 2 is 1.93 bits per heavy atom. The molecular weight excluding hydrogens is 400 g/mol. The van der Waals surface area contributed by atoms with E-state index >= 15 is 0 Å². The van der Waals surface area contributed by atoms with Crippen LogP contribution in [0.1, 0.15) is 24.1 Å². The van der Waals surface area contributed by atoms with Gasteiger partial charge >= 0.3 is 0 Å². The Morgan fingerprint density at radius 1 is 1.20 bits per heavy atom. The average Bonchev–Trinajstić information content (AvgIpc) is 3.12. The van der Waals surface area contributed by atoms with E-state index in [1.54, 1.807) is 12.1 Å². The molecule has 0 spiro atoms. The molecule has 5 rings (SSSR count). The minimum Gasteiger partial charge on any atom is -0.378 e. The van der Waals surface area contributed by atoms with Crippen LogP contribution in [0.25, 0.3) is 17.0 Å². The van der Waals surface area contributed by atoms with Gasteiger partial charge in [-0.15, -0.1) is 0 Å². The molecule has 0 atom stereocenters. The molecule has 0 saturated carbocycles. The number of ether oxygens (including phenoxy) is 1. The van der Waals surface area contributed by atoms with Gasteiger partial charge in [-0.25, -0.2) is 8.42 Å². The highest BCUT2D eigenvalue weighted by atomic mass is 32.2. The Kier molecular flexibility index (Phi) is 5.16. The molecule has 1 aromatic carbocycles. The molecular formula is C22H28N4O3S. The summed E-state index contributed by atoms with van der Waals surface area (Å²) >= 11 is 0. The van der Waals surface area contributed by atoms with E-state index in [0.29, 0.717) is 24.0 Å². The Bertz CT molecular complexity index is 1060. The maximum Gasteiger partial charge on any atom is 0.183 e. The van der Waals surface area contributed by atoms with Crippen LogP contribution in [0.3, 0.4) is 0 Å². The maximum atomic E-state index is 13.1. The molecule has 0 radical (unpaired) electrons. The van der Waals surface area contributed by atoms with Crippen LogP contribution in [0.5, 0.6) is 0 Å². The first kappa shape index (κ1) is 19.8. The third-order valence-electron chi connectivity index (χ3n) is 6.42. The number of hydrogen-bond acceptors (Lipinski definition) is 6. The number of nitrogens with zero attached hydrogens (tertiary/aromatic N) is 3. The molecule has 0 aliphatic carbocycles. The normalized spacial score (nSPS) is 21.1. The van der Waals surface area contributed by atoms with Crippen LogP contribution in [0.4, 0.5) is 0 Å². The van der Waals surface area contributed by atoms with Crippen molar-refractivity contribution >= 4 is 15.5 Å². The van der Waals surface area contributed by atoms with Crippen LogP contribution in [0.2, 0.25) is 0 Å². The van der Waals surface area contributed by atoms with Crippen LogP contribution in [0, 0.1) is 5.92 Å². The van der Waals surface area contributed by atoms with Crippen molar-refractivity contribution < 1.29 is 13.2 Å². The van der Waals surface area contributed by atoms with Crippen LogP contribution in [0.15, 0.2) is 35.7 Å². The molecule has 2 aromatic rings. The Morgan fingerprint density at radius 3 is 2.70 bits per heavy atom. The van der Waals surface area contributed by atoms with Crippen LogP contribution in [-0.4, -0.2) is 62.5 Å². The van der Waals surface area contributed by atoms with E-state index in [4.69, 9.17) is 9.84 Å². The van der Waals surface area contributed by atoms with Crippen molar-refractivity contribution in [1.29, 1.82) is 0 Å². The van der Waals surface area contributed by atoms with Gasteiger partial charge in [-0.3, -0.25) is 4.68 Å². The monoisotopic (exact) mass is 428 g/mol. The number of morpholine rings is 1. The van der Waals surface area contributed by atoms with E-state index in [-0.39, 0.29) is 5.75 Å². The van der Waals surface area contributed by atoms with Crippen molar-refractivity contribution in [3.63, 3.8) is 0 Å². The minimum absolute atomic E-state index is 0.0235. The summed E-state index contributed by atoms with van der Waals surface area (Å²) in [6.07, 6.45) is 2.21. The number of benzene rings is 1. The first-order valence-electron chi connectivity index (χ1n) is 10.7. The molecule has 0 amide bonds. The fraction of sp³-hybridized carbons (Fsp3) is 0.500. The summed E-state index contributed by atoms with van der Waals surface area (Å²) in [5.41, 5.74) is 4.02. The summed E-state index contributed by atoms with van der Waals surface area (Å²) in [4.78, 5) is 2.57. The molecule has 1 N–H and O–H groups in total. The summed E-state index contributed by atoms with van der Waals surface area (Å²) < 4.78 is 33.7. The third-order valence-corrected chi connectivity index (χ3v) is 8.11. The first-order valence-corrected chi connectivity index (χ1v) is 12.3. The fourth-order valence-corrected chi connectivity index (χ4v) is 6.39. The SMILES string of the molecule is C=C(c1nn(CC2CCNCC2)c2c1CS(=O)(=O)c1ccccc1-2)N1CCOCC1. The Labute approximate surface area is 177 Å². The van der Waals surface area contributed by atoms with E-state index in [9.17, 15) is 8.42 Å². The van der Waals surface area contributed by atoms with Gasteiger partial charge in [0.15, 0.2) is 9.84 Å². The highest BCUT2D eigenvalue weighted by molar-refractivity contribution is 7.90. The van der Waals surface area contributed by atoms with E-state index in [2.05, 4.69) is 21.5 Å². The van der Waals surface area contributed by atoms with Crippen molar-refractivity contribution in [3.05, 3.63) is 42.1 Å². The van der Waals surface area contributed by atoms with Crippen molar-refractivity contribution in [2.45, 2.75) is 30.0 Å². The van der Waals surface area contributed by atoms with Gasteiger partial charge in [0.25, 0.3) is 0 Å². The standard InChI is InChI=1S/C22H28N4O3S/c1-16(25-10-12-29-13-11-25)21-19-15-30(27,28)20-5-3-2-4-18(20)22(19)26(24-21)14-17-6-8-23-9-7-17/h2-5,17,23H,1,6-15H2. The largest absolute Gasteiger partial charge is 0.378 e. The number of nitrogens with one attached hydrogen (secondary N) is 1. The quantitative estimate of drug-likeness (QED) is 0.804. The number of sulfone groups is 1. The molecule has 3 aliphatic rings. The molecule has 8 heteroatoms. The van der Waals surface area contributed by atoms with Gasteiger partial charge in [0.05, 0.1) is 35.3 Å². The van der Waals surface area contributed by atoms with Crippen molar-refractivity contribution in [3.8, 4) is 11.3 Å². The number of aromatic nitrogens is 2. The number of hydrogen-bond donors (Lipinski definition) is 1. The van der Waals surface area contributed by atoms with Gasteiger partial charge in [-0.2, -0.15) is 5.10 Å². The van der Waals surface area contributed by atoms with Crippen LogP contribution in [-0.2, 0) is 26.9 Å². The number of fused-ring (bicyclic) bond motifs is 3.